The first-order chi connectivity index (χ1) is 8.70. The molecule has 1 atom stereocenters. The summed E-state index contributed by atoms with van der Waals surface area (Å²) in [4.78, 5) is 0. The van der Waals surface area contributed by atoms with Gasteiger partial charge in [-0.25, -0.2) is 0 Å². The molecule has 1 aromatic heterocycles. The minimum absolute atomic E-state index is 0.115. The van der Waals surface area contributed by atoms with Gasteiger partial charge in [0.1, 0.15) is 0 Å². The van der Waals surface area contributed by atoms with Crippen LogP contribution in [0.1, 0.15) is 24.2 Å². The first kappa shape index (κ1) is 13.7. The summed E-state index contributed by atoms with van der Waals surface area (Å²) in [5, 5.41) is 4.81. The van der Waals surface area contributed by atoms with E-state index in [0.717, 1.165) is 29.2 Å². The first-order valence-electron chi connectivity index (χ1n) is 5.65. The van der Waals surface area contributed by atoms with Gasteiger partial charge in [0.25, 0.3) is 0 Å². The molecule has 0 spiro atoms. The average Bonchev–Trinajstić information content (AvgIpc) is 2.87. The lowest BCUT2D eigenvalue weighted by molar-refractivity contribution is 0.540. The first-order valence-corrected chi connectivity index (χ1v) is 7.14. The van der Waals surface area contributed by atoms with Crippen LogP contribution in [0.25, 0.3) is 0 Å². The van der Waals surface area contributed by atoms with Crippen LogP contribution in [0.15, 0.2) is 24.4 Å². The van der Waals surface area contributed by atoms with Gasteiger partial charge in [-0.2, -0.15) is 8.75 Å². The minimum atomic E-state index is 0.115. The van der Waals surface area contributed by atoms with Crippen LogP contribution in [0.3, 0.4) is 0 Å². The lowest BCUT2D eigenvalue weighted by Crippen LogP contribution is -2.23. The van der Waals surface area contributed by atoms with Crippen LogP contribution < -0.4 is 5.32 Å². The van der Waals surface area contributed by atoms with Crippen molar-refractivity contribution in [3.05, 3.63) is 45.7 Å². The molecular weight excluding hydrogens is 289 g/mol. The van der Waals surface area contributed by atoms with Crippen molar-refractivity contribution in [3.63, 3.8) is 0 Å². The van der Waals surface area contributed by atoms with Crippen LogP contribution in [0, 0.1) is 0 Å². The van der Waals surface area contributed by atoms with Crippen molar-refractivity contribution in [2.45, 2.75) is 19.4 Å². The van der Waals surface area contributed by atoms with Crippen molar-refractivity contribution < 1.29 is 0 Å². The molecule has 0 radical (unpaired) electrons. The molecule has 0 aliphatic heterocycles. The number of aromatic nitrogens is 2. The van der Waals surface area contributed by atoms with Gasteiger partial charge >= 0.3 is 0 Å². The zero-order chi connectivity index (χ0) is 13.0. The average molecular weight is 302 g/mol. The molecular formula is C12H13Cl2N3S. The van der Waals surface area contributed by atoms with Gasteiger partial charge in [0.15, 0.2) is 0 Å². The highest BCUT2D eigenvalue weighted by Gasteiger charge is 2.15. The molecule has 1 heterocycles. The Morgan fingerprint density at radius 2 is 2.22 bits per heavy atom. The van der Waals surface area contributed by atoms with Crippen molar-refractivity contribution in [3.8, 4) is 0 Å². The maximum atomic E-state index is 6.18. The Bertz CT molecular complexity index is 502. The standard InChI is InChI=1S/C12H13Cl2N3S/c1-2-15-11(12-7-16-18-17-12)6-8-5-9(13)3-4-10(8)14/h3-5,7,11,15H,2,6H2,1H3. The zero-order valence-corrected chi connectivity index (χ0v) is 12.2. The maximum absolute atomic E-state index is 6.18. The Morgan fingerprint density at radius 3 is 2.89 bits per heavy atom. The van der Waals surface area contributed by atoms with Crippen LogP contribution in [0.5, 0.6) is 0 Å². The van der Waals surface area contributed by atoms with Crippen molar-refractivity contribution in [2.75, 3.05) is 6.54 Å². The Balaban J connectivity index is 2.21. The van der Waals surface area contributed by atoms with Crippen molar-refractivity contribution in [1.29, 1.82) is 0 Å². The third-order valence-electron chi connectivity index (χ3n) is 2.62. The molecule has 0 amide bonds. The maximum Gasteiger partial charge on any atom is 0.0915 e. The van der Waals surface area contributed by atoms with Gasteiger partial charge in [-0.15, -0.1) is 0 Å². The van der Waals surface area contributed by atoms with E-state index in [4.69, 9.17) is 23.2 Å². The van der Waals surface area contributed by atoms with Crippen molar-refractivity contribution >= 4 is 34.9 Å². The summed E-state index contributed by atoms with van der Waals surface area (Å²) in [6.45, 7) is 2.92. The molecule has 0 saturated carbocycles. The molecule has 0 fully saturated rings. The van der Waals surface area contributed by atoms with Crippen molar-refractivity contribution in [1.82, 2.24) is 14.1 Å². The minimum Gasteiger partial charge on any atom is -0.309 e. The number of halogens is 2. The second-order valence-corrected chi connectivity index (χ2v) is 5.28. The quantitative estimate of drug-likeness (QED) is 0.914. The Morgan fingerprint density at radius 1 is 1.39 bits per heavy atom. The Hall–Kier alpha value is -0.680. The SMILES string of the molecule is CCNC(Cc1cc(Cl)ccc1Cl)c1cnsn1. The van der Waals surface area contributed by atoms with Crippen LogP contribution in [0.4, 0.5) is 0 Å². The van der Waals surface area contributed by atoms with E-state index in [1.807, 2.05) is 12.1 Å². The Kier molecular flexibility index (Phi) is 4.95. The smallest absolute Gasteiger partial charge is 0.0915 e. The summed E-state index contributed by atoms with van der Waals surface area (Å²) < 4.78 is 8.31. The summed E-state index contributed by atoms with van der Waals surface area (Å²) in [6.07, 6.45) is 2.54. The molecule has 1 aromatic carbocycles. The second kappa shape index (κ2) is 6.48. The fourth-order valence-corrected chi connectivity index (χ4v) is 2.63. The largest absolute Gasteiger partial charge is 0.309 e. The van der Waals surface area contributed by atoms with Gasteiger partial charge in [0.2, 0.25) is 0 Å². The number of likely N-dealkylation sites (N-methyl/N-ethyl adjacent to an activating group) is 1. The van der Waals surface area contributed by atoms with E-state index in [-0.39, 0.29) is 6.04 Å². The predicted molar refractivity (Wildman–Crippen MR) is 76.5 cm³/mol. The van der Waals surface area contributed by atoms with Crippen LogP contribution in [-0.2, 0) is 6.42 Å². The van der Waals surface area contributed by atoms with Crippen LogP contribution in [0.2, 0.25) is 10.0 Å². The molecule has 0 aliphatic rings. The summed E-state index contributed by atoms with van der Waals surface area (Å²) in [5.74, 6) is 0. The molecule has 0 saturated heterocycles. The fourth-order valence-electron chi connectivity index (χ4n) is 1.77. The highest BCUT2D eigenvalue weighted by Crippen LogP contribution is 2.25. The van der Waals surface area contributed by atoms with Gasteiger partial charge in [-0.1, -0.05) is 30.1 Å². The molecule has 2 aromatic rings. The fraction of sp³-hybridized carbons (Fsp3) is 0.333. The summed E-state index contributed by atoms with van der Waals surface area (Å²) in [7, 11) is 0. The van der Waals surface area contributed by atoms with Crippen LogP contribution in [-0.4, -0.2) is 15.3 Å². The van der Waals surface area contributed by atoms with Gasteiger partial charge in [-0.05, 0) is 36.7 Å². The van der Waals surface area contributed by atoms with Crippen molar-refractivity contribution in [2.24, 2.45) is 0 Å². The highest BCUT2D eigenvalue weighted by atomic mass is 35.5. The number of nitrogens with one attached hydrogen (secondary N) is 1. The molecule has 96 valence electrons. The number of hydrogen-bond donors (Lipinski definition) is 1. The monoisotopic (exact) mass is 301 g/mol. The molecule has 18 heavy (non-hydrogen) atoms. The molecule has 1 N–H and O–H groups in total. The van der Waals surface area contributed by atoms with E-state index < -0.39 is 0 Å². The third-order valence-corrected chi connectivity index (χ3v) is 3.71. The van der Waals surface area contributed by atoms with E-state index in [1.165, 1.54) is 11.7 Å². The second-order valence-electron chi connectivity index (χ2n) is 3.88. The van der Waals surface area contributed by atoms with Gasteiger partial charge in [0.05, 0.1) is 29.7 Å². The normalized spacial score (nSPS) is 12.6. The molecule has 3 nitrogen and oxygen atoms in total. The third kappa shape index (κ3) is 3.42. The summed E-state index contributed by atoms with van der Waals surface area (Å²) >= 11 is 13.4. The molecule has 0 aliphatic carbocycles. The molecule has 2 rings (SSSR count). The molecule has 1 unspecified atom stereocenters. The topological polar surface area (TPSA) is 37.8 Å². The van der Waals surface area contributed by atoms with Crippen LogP contribution >= 0.6 is 34.9 Å². The Labute approximate surface area is 120 Å². The lowest BCUT2D eigenvalue weighted by Gasteiger charge is -2.16. The summed E-state index contributed by atoms with van der Waals surface area (Å²) in [6, 6.07) is 5.62. The van der Waals surface area contributed by atoms with Gasteiger partial charge in [-0.3, -0.25) is 0 Å². The number of nitrogens with zero attached hydrogens (tertiary/aromatic N) is 2. The predicted octanol–water partition coefficient (Wildman–Crippen LogP) is 3.74. The van der Waals surface area contributed by atoms with E-state index in [2.05, 4.69) is 21.0 Å². The molecule has 0 bridgehead atoms. The van der Waals surface area contributed by atoms with Gasteiger partial charge < -0.3 is 5.32 Å². The van der Waals surface area contributed by atoms with E-state index in [1.54, 1.807) is 12.3 Å². The van der Waals surface area contributed by atoms with Gasteiger partial charge in [0, 0.05) is 10.0 Å². The van der Waals surface area contributed by atoms with E-state index in [9.17, 15) is 0 Å². The molecule has 6 heteroatoms. The summed E-state index contributed by atoms with van der Waals surface area (Å²) in [5.41, 5.74) is 1.96. The van der Waals surface area contributed by atoms with E-state index >= 15 is 0 Å². The number of benzene rings is 1. The number of hydrogen-bond acceptors (Lipinski definition) is 4. The lowest BCUT2D eigenvalue weighted by atomic mass is 10.0. The zero-order valence-electron chi connectivity index (χ0n) is 9.86. The van der Waals surface area contributed by atoms with E-state index in [0.29, 0.717) is 5.02 Å². The highest BCUT2D eigenvalue weighted by molar-refractivity contribution is 6.99. The number of rotatable bonds is 5.